The molecule has 1 rings (SSSR count). The number of nitrogens with one attached hydrogen (secondary N) is 2. The van der Waals surface area contributed by atoms with Gasteiger partial charge in [-0.2, -0.15) is 0 Å². The molecule has 0 saturated carbocycles. The molecular formula is C14H25N3O2S. The average molecular weight is 299 g/mol. The Balaban J connectivity index is 2.43. The van der Waals surface area contributed by atoms with E-state index in [-0.39, 0.29) is 30.0 Å². The average Bonchev–Trinajstić information content (AvgIpc) is 2.83. The quantitative estimate of drug-likeness (QED) is 0.780. The number of carbonyl (C=O) groups is 1. The Kier molecular flexibility index (Phi) is 5.95. The summed E-state index contributed by atoms with van der Waals surface area (Å²) in [5.41, 5.74) is 0.911. The van der Waals surface area contributed by atoms with Crippen LogP contribution in [0.1, 0.15) is 45.3 Å². The summed E-state index contributed by atoms with van der Waals surface area (Å²) in [6.45, 7) is 10.6. The van der Waals surface area contributed by atoms with E-state index in [4.69, 9.17) is 5.11 Å². The number of hydrogen-bond donors (Lipinski definition) is 3. The van der Waals surface area contributed by atoms with Crippen LogP contribution in [0.25, 0.3) is 0 Å². The van der Waals surface area contributed by atoms with Crippen molar-refractivity contribution in [3.8, 4) is 0 Å². The standard InChI is InChI=1S/C14H25N3O2S/c1-9(7-18)10(2)16-13(19)15-6-11-8-20-12(17-11)14(3,4)5/h8-10,18H,6-7H2,1-5H3,(H2,15,16,19). The third-order valence-corrected chi connectivity index (χ3v) is 4.44. The lowest BCUT2D eigenvalue weighted by atomic mass is 9.98. The molecule has 114 valence electrons. The first kappa shape index (κ1) is 16.9. The minimum Gasteiger partial charge on any atom is -0.396 e. The van der Waals surface area contributed by atoms with Crippen molar-refractivity contribution in [3.05, 3.63) is 16.1 Å². The topological polar surface area (TPSA) is 74.2 Å². The van der Waals surface area contributed by atoms with E-state index >= 15 is 0 Å². The highest BCUT2D eigenvalue weighted by Gasteiger charge is 2.18. The molecule has 3 N–H and O–H groups in total. The van der Waals surface area contributed by atoms with E-state index in [0.717, 1.165) is 10.7 Å². The largest absolute Gasteiger partial charge is 0.396 e. The molecule has 0 aliphatic rings. The SMILES string of the molecule is CC(CO)C(C)NC(=O)NCc1csc(C(C)(C)C)n1. The second kappa shape index (κ2) is 7.04. The molecule has 20 heavy (non-hydrogen) atoms. The number of rotatable bonds is 5. The van der Waals surface area contributed by atoms with Gasteiger partial charge in [-0.15, -0.1) is 11.3 Å². The van der Waals surface area contributed by atoms with E-state index in [0.29, 0.717) is 6.54 Å². The van der Waals surface area contributed by atoms with Crippen molar-refractivity contribution in [1.29, 1.82) is 0 Å². The molecule has 0 radical (unpaired) electrons. The number of aromatic nitrogens is 1. The van der Waals surface area contributed by atoms with Crippen LogP contribution in [0.2, 0.25) is 0 Å². The van der Waals surface area contributed by atoms with Gasteiger partial charge in [0.2, 0.25) is 0 Å². The van der Waals surface area contributed by atoms with Crippen LogP contribution in [0.4, 0.5) is 4.79 Å². The zero-order valence-electron chi connectivity index (χ0n) is 12.9. The molecule has 5 nitrogen and oxygen atoms in total. The van der Waals surface area contributed by atoms with Gasteiger partial charge in [-0.25, -0.2) is 9.78 Å². The van der Waals surface area contributed by atoms with E-state index < -0.39 is 0 Å². The molecule has 2 unspecified atom stereocenters. The second-order valence-corrected chi connectivity index (χ2v) is 7.03. The predicted octanol–water partition coefficient (Wildman–Crippen LogP) is 2.26. The summed E-state index contributed by atoms with van der Waals surface area (Å²) in [4.78, 5) is 16.2. The zero-order valence-corrected chi connectivity index (χ0v) is 13.7. The van der Waals surface area contributed by atoms with Gasteiger partial charge in [0.25, 0.3) is 0 Å². The van der Waals surface area contributed by atoms with E-state index in [1.807, 2.05) is 19.2 Å². The van der Waals surface area contributed by atoms with Crippen LogP contribution in [-0.4, -0.2) is 28.8 Å². The Morgan fingerprint density at radius 3 is 2.60 bits per heavy atom. The van der Waals surface area contributed by atoms with Crippen LogP contribution in [-0.2, 0) is 12.0 Å². The molecule has 0 saturated heterocycles. The predicted molar refractivity (Wildman–Crippen MR) is 81.9 cm³/mol. The summed E-state index contributed by atoms with van der Waals surface area (Å²) in [5, 5.41) is 17.7. The molecule has 0 fully saturated rings. The van der Waals surface area contributed by atoms with Crippen LogP contribution < -0.4 is 10.6 Å². The Bertz CT molecular complexity index is 440. The van der Waals surface area contributed by atoms with Crippen molar-refractivity contribution in [3.63, 3.8) is 0 Å². The van der Waals surface area contributed by atoms with Gasteiger partial charge in [0.15, 0.2) is 0 Å². The van der Waals surface area contributed by atoms with Gasteiger partial charge in [0, 0.05) is 23.4 Å². The van der Waals surface area contributed by atoms with Crippen molar-refractivity contribution in [2.45, 2.75) is 52.6 Å². The highest BCUT2D eigenvalue weighted by Crippen LogP contribution is 2.25. The summed E-state index contributed by atoms with van der Waals surface area (Å²) in [6.07, 6.45) is 0. The van der Waals surface area contributed by atoms with Gasteiger partial charge in [0.05, 0.1) is 17.2 Å². The van der Waals surface area contributed by atoms with Gasteiger partial charge in [-0.05, 0) is 12.8 Å². The molecule has 2 atom stereocenters. The van der Waals surface area contributed by atoms with Crippen LogP contribution in [0, 0.1) is 5.92 Å². The van der Waals surface area contributed by atoms with E-state index in [1.54, 1.807) is 11.3 Å². The molecular weight excluding hydrogens is 274 g/mol. The van der Waals surface area contributed by atoms with Gasteiger partial charge >= 0.3 is 6.03 Å². The first-order chi connectivity index (χ1) is 9.24. The third-order valence-electron chi connectivity index (χ3n) is 3.12. The van der Waals surface area contributed by atoms with Crippen molar-refractivity contribution < 1.29 is 9.90 Å². The van der Waals surface area contributed by atoms with E-state index in [9.17, 15) is 4.79 Å². The number of amides is 2. The second-order valence-electron chi connectivity index (χ2n) is 6.17. The van der Waals surface area contributed by atoms with Gasteiger partial charge in [0.1, 0.15) is 0 Å². The molecule has 0 spiro atoms. The minimum absolute atomic E-state index is 0.0347. The molecule has 0 aliphatic carbocycles. The molecule has 1 aromatic heterocycles. The van der Waals surface area contributed by atoms with Crippen molar-refractivity contribution >= 4 is 17.4 Å². The number of aliphatic hydroxyl groups excluding tert-OH is 1. The van der Waals surface area contributed by atoms with Crippen LogP contribution in [0.3, 0.4) is 0 Å². The van der Waals surface area contributed by atoms with Gasteiger partial charge < -0.3 is 15.7 Å². The molecule has 0 aliphatic heterocycles. The number of thiazole rings is 1. The minimum atomic E-state index is -0.233. The Morgan fingerprint density at radius 1 is 1.45 bits per heavy atom. The highest BCUT2D eigenvalue weighted by molar-refractivity contribution is 7.09. The summed E-state index contributed by atoms with van der Waals surface area (Å²) in [7, 11) is 0. The summed E-state index contributed by atoms with van der Waals surface area (Å²) < 4.78 is 0. The number of hydrogen-bond acceptors (Lipinski definition) is 4. The Labute approximate surface area is 124 Å². The smallest absolute Gasteiger partial charge is 0.315 e. The Morgan fingerprint density at radius 2 is 2.10 bits per heavy atom. The maximum absolute atomic E-state index is 11.7. The molecule has 1 aromatic rings. The lowest BCUT2D eigenvalue weighted by Gasteiger charge is -2.19. The first-order valence-corrected chi connectivity index (χ1v) is 7.72. The third kappa shape index (κ3) is 5.09. The number of carbonyl (C=O) groups excluding carboxylic acids is 1. The molecule has 6 heteroatoms. The highest BCUT2D eigenvalue weighted by atomic mass is 32.1. The lowest BCUT2D eigenvalue weighted by molar-refractivity contribution is 0.200. The fourth-order valence-corrected chi connectivity index (χ4v) is 2.37. The normalized spacial score (nSPS) is 14.7. The van der Waals surface area contributed by atoms with E-state index in [1.165, 1.54) is 0 Å². The maximum atomic E-state index is 11.7. The van der Waals surface area contributed by atoms with Crippen molar-refractivity contribution in [2.24, 2.45) is 5.92 Å². The fraction of sp³-hybridized carbons (Fsp3) is 0.714. The van der Waals surface area contributed by atoms with Crippen LogP contribution >= 0.6 is 11.3 Å². The maximum Gasteiger partial charge on any atom is 0.315 e. The van der Waals surface area contributed by atoms with Crippen molar-refractivity contribution in [2.75, 3.05) is 6.61 Å². The van der Waals surface area contributed by atoms with Gasteiger partial charge in [-0.3, -0.25) is 0 Å². The lowest BCUT2D eigenvalue weighted by Crippen LogP contribution is -2.44. The molecule has 1 heterocycles. The number of nitrogens with zero attached hydrogens (tertiary/aromatic N) is 1. The Hall–Kier alpha value is -1.14. The summed E-state index contributed by atoms with van der Waals surface area (Å²) in [6, 6.07) is -0.302. The summed E-state index contributed by atoms with van der Waals surface area (Å²) >= 11 is 1.61. The summed E-state index contributed by atoms with van der Waals surface area (Å²) in [5.74, 6) is 0.0347. The molecule has 0 bridgehead atoms. The fourth-order valence-electron chi connectivity index (χ4n) is 1.46. The molecule has 0 aromatic carbocycles. The number of urea groups is 1. The monoisotopic (exact) mass is 299 g/mol. The van der Waals surface area contributed by atoms with E-state index in [2.05, 4.69) is 36.4 Å². The molecule has 2 amide bonds. The number of aliphatic hydroxyl groups is 1. The van der Waals surface area contributed by atoms with Gasteiger partial charge in [-0.1, -0.05) is 27.7 Å². The first-order valence-electron chi connectivity index (χ1n) is 6.84. The zero-order chi connectivity index (χ0) is 15.3. The van der Waals surface area contributed by atoms with Crippen LogP contribution in [0.5, 0.6) is 0 Å². The van der Waals surface area contributed by atoms with Crippen LogP contribution in [0.15, 0.2) is 5.38 Å². The van der Waals surface area contributed by atoms with Crippen molar-refractivity contribution in [1.82, 2.24) is 15.6 Å².